The molecule has 0 bridgehead atoms. The molecule has 0 fully saturated rings. The van der Waals surface area contributed by atoms with E-state index >= 15 is 0 Å². The summed E-state index contributed by atoms with van der Waals surface area (Å²) in [6.07, 6.45) is 1.66. The van der Waals surface area contributed by atoms with Crippen molar-refractivity contribution in [1.29, 1.82) is 5.26 Å². The molecule has 0 saturated heterocycles. The molecule has 0 spiro atoms. The van der Waals surface area contributed by atoms with Crippen LogP contribution in [-0.4, -0.2) is 17.1 Å². The highest BCUT2D eigenvalue weighted by molar-refractivity contribution is 6.10. The zero-order valence-electron chi connectivity index (χ0n) is 21.5. The largest absolute Gasteiger partial charge is 0.494 e. The van der Waals surface area contributed by atoms with E-state index in [9.17, 15) is 10.1 Å². The predicted octanol–water partition coefficient (Wildman–Crippen LogP) is 7.76. The summed E-state index contributed by atoms with van der Waals surface area (Å²) >= 11 is 0. The molecule has 1 N–H and O–H groups in total. The number of amides is 1. The highest BCUT2D eigenvalue weighted by atomic mass is 16.5. The van der Waals surface area contributed by atoms with Crippen LogP contribution in [0.3, 0.4) is 0 Å². The molecule has 5 rings (SSSR count). The van der Waals surface area contributed by atoms with Crippen LogP contribution in [-0.2, 0) is 4.79 Å². The number of benzene rings is 4. The van der Waals surface area contributed by atoms with Gasteiger partial charge < -0.3 is 14.6 Å². The molecule has 5 heteroatoms. The third-order valence-corrected chi connectivity index (χ3v) is 6.25. The number of nitrogens with zero attached hydrogens (tertiary/aromatic N) is 2. The van der Waals surface area contributed by atoms with Crippen molar-refractivity contribution >= 4 is 17.7 Å². The van der Waals surface area contributed by atoms with Crippen molar-refractivity contribution < 1.29 is 9.53 Å². The van der Waals surface area contributed by atoms with Crippen LogP contribution in [0.2, 0.25) is 0 Å². The molecule has 0 radical (unpaired) electrons. The number of hydrogen-bond donors (Lipinski definition) is 1. The third kappa shape index (κ3) is 5.66. The average molecular weight is 510 g/mol. The maximum atomic E-state index is 13.1. The summed E-state index contributed by atoms with van der Waals surface area (Å²) in [5.41, 5.74) is 6.11. The molecule has 1 amide bonds. The SMILES string of the molecule is CCOc1ccc(-n2c(-c3ccccc3)cc(/C=C(\C#N)C(=O)Nc3ccccc3)c2-c2ccccc2)cc1. The second-order valence-electron chi connectivity index (χ2n) is 8.82. The van der Waals surface area contributed by atoms with Crippen molar-refractivity contribution in [2.24, 2.45) is 0 Å². The van der Waals surface area contributed by atoms with E-state index in [1.165, 1.54) is 0 Å². The van der Waals surface area contributed by atoms with Crippen molar-refractivity contribution in [1.82, 2.24) is 4.57 Å². The average Bonchev–Trinajstić information content (AvgIpc) is 3.37. The zero-order chi connectivity index (χ0) is 27.0. The zero-order valence-corrected chi connectivity index (χ0v) is 21.5. The van der Waals surface area contributed by atoms with Crippen molar-refractivity contribution in [3.63, 3.8) is 0 Å². The van der Waals surface area contributed by atoms with Crippen LogP contribution in [0.5, 0.6) is 5.75 Å². The van der Waals surface area contributed by atoms with Crippen LogP contribution < -0.4 is 10.1 Å². The minimum absolute atomic E-state index is 0.0134. The first-order valence-electron chi connectivity index (χ1n) is 12.8. The van der Waals surface area contributed by atoms with Crippen molar-refractivity contribution in [2.45, 2.75) is 6.92 Å². The van der Waals surface area contributed by atoms with E-state index in [0.717, 1.165) is 39.5 Å². The number of aromatic nitrogens is 1. The standard InChI is InChI=1S/C34H27N3O2/c1-2-39-31-20-18-30(19-21-31)37-32(25-12-6-3-7-13-25)23-27(33(37)26-14-8-4-9-15-26)22-28(24-35)34(38)36-29-16-10-5-11-17-29/h3-23H,2H2,1H3,(H,36,38)/b28-22+. The Bertz CT molecular complexity index is 1630. The maximum Gasteiger partial charge on any atom is 0.266 e. The molecule has 0 unspecified atom stereocenters. The summed E-state index contributed by atoms with van der Waals surface area (Å²) in [5.74, 6) is 0.332. The molecule has 1 heterocycles. The first-order valence-corrected chi connectivity index (χ1v) is 12.8. The van der Waals surface area contributed by atoms with Gasteiger partial charge in [0.2, 0.25) is 0 Å². The monoisotopic (exact) mass is 509 g/mol. The second kappa shape index (κ2) is 11.8. The minimum atomic E-state index is -0.460. The molecular weight excluding hydrogens is 482 g/mol. The lowest BCUT2D eigenvalue weighted by atomic mass is 10.0. The molecule has 4 aromatic carbocycles. The summed E-state index contributed by atoms with van der Waals surface area (Å²) in [6, 6.07) is 41.3. The molecule has 190 valence electrons. The lowest BCUT2D eigenvalue weighted by molar-refractivity contribution is -0.112. The summed E-state index contributed by atoms with van der Waals surface area (Å²) < 4.78 is 7.84. The molecule has 0 aliphatic heterocycles. The maximum absolute atomic E-state index is 13.1. The number of para-hydroxylation sites is 1. The van der Waals surface area contributed by atoms with Gasteiger partial charge in [-0.25, -0.2) is 0 Å². The Balaban J connectivity index is 1.71. The Kier molecular flexibility index (Phi) is 7.66. The van der Waals surface area contributed by atoms with E-state index in [4.69, 9.17) is 4.74 Å². The van der Waals surface area contributed by atoms with Gasteiger partial charge in [0, 0.05) is 16.9 Å². The van der Waals surface area contributed by atoms with Gasteiger partial charge in [-0.1, -0.05) is 78.9 Å². The fraction of sp³-hybridized carbons (Fsp3) is 0.0588. The third-order valence-electron chi connectivity index (χ3n) is 6.25. The molecule has 1 aromatic heterocycles. The van der Waals surface area contributed by atoms with Gasteiger partial charge in [0.05, 0.1) is 18.0 Å². The molecule has 39 heavy (non-hydrogen) atoms. The van der Waals surface area contributed by atoms with E-state index in [1.54, 1.807) is 18.2 Å². The van der Waals surface area contributed by atoms with Gasteiger partial charge in [0.15, 0.2) is 0 Å². The molecule has 0 saturated carbocycles. The fourth-order valence-corrected chi connectivity index (χ4v) is 4.50. The van der Waals surface area contributed by atoms with Crippen molar-refractivity contribution in [3.05, 3.63) is 132 Å². The lowest BCUT2D eigenvalue weighted by Crippen LogP contribution is -2.13. The summed E-state index contributed by atoms with van der Waals surface area (Å²) in [6.45, 7) is 2.55. The van der Waals surface area contributed by atoms with E-state index in [-0.39, 0.29) is 5.57 Å². The van der Waals surface area contributed by atoms with Gasteiger partial charge in [0.1, 0.15) is 17.4 Å². The number of nitrogens with one attached hydrogen (secondary N) is 1. The topological polar surface area (TPSA) is 67.0 Å². The first-order chi connectivity index (χ1) is 19.2. The van der Waals surface area contributed by atoms with Crippen LogP contribution in [0.15, 0.2) is 127 Å². The van der Waals surface area contributed by atoms with E-state index in [2.05, 4.69) is 28.1 Å². The number of anilines is 1. The van der Waals surface area contributed by atoms with Gasteiger partial charge in [-0.05, 0) is 66.6 Å². The van der Waals surface area contributed by atoms with E-state index in [0.29, 0.717) is 12.3 Å². The van der Waals surface area contributed by atoms with E-state index < -0.39 is 5.91 Å². The minimum Gasteiger partial charge on any atom is -0.494 e. The van der Waals surface area contributed by atoms with Crippen LogP contribution in [0.25, 0.3) is 34.3 Å². The Morgan fingerprint density at radius 3 is 2.03 bits per heavy atom. The van der Waals surface area contributed by atoms with Gasteiger partial charge >= 0.3 is 0 Å². The molecule has 5 nitrogen and oxygen atoms in total. The molecular formula is C34H27N3O2. The van der Waals surface area contributed by atoms with E-state index in [1.807, 2.05) is 104 Å². The van der Waals surface area contributed by atoms with Crippen LogP contribution >= 0.6 is 0 Å². The van der Waals surface area contributed by atoms with Gasteiger partial charge in [-0.3, -0.25) is 4.79 Å². The Labute approximate surface area is 228 Å². The number of rotatable bonds is 8. The van der Waals surface area contributed by atoms with Crippen LogP contribution in [0.1, 0.15) is 12.5 Å². The Morgan fingerprint density at radius 2 is 1.44 bits per heavy atom. The first kappa shape index (κ1) is 25.3. The quantitative estimate of drug-likeness (QED) is 0.172. The highest BCUT2D eigenvalue weighted by Crippen LogP contribution is 2.37. The number of hydrogen-bond acceptors (Lipinski definition) is 3. The smallest absolute Gasteiger partial charge is 0.266 e. The summed E-state index contributed by atoms with van der Waals surface area (Å²) in [7, 11) is 0. The number of carbonyl (C=O) groups excluding carboxylic acids is 1. The van der Waals surface area contributed by atoms with Crippen LogP contribution in [0.4, 0.5) is 5.69 Å². The molecule has 0 atom stereocenters. The molecule has 0 aliphatic carbocycles. The Hall–Kier alpha value is -5.34. The molecule has 5 aromatic rings. The number of ether oxygens (including phenoxy) is 1. The van der Waals surface area contributed by atoms with Crippen molar-refractivity contribution in [3.8, 4) is 40.0 Å². The lowest BCUT2D eigenvalue weighted by Gasteiger charge is -2.16. The fourth-order valence-electron chi connectivity index (χ4n) is 4.50. The van der Waals surface area contributed by atoms with Gasteiger partial charge in [-0.15, -0.1) is 0 Å². The predicted molar refractivity (Wildman–Crippen MR) is 156 cm³/mol. The molecule has 0 aliphatic rings. The number of nitriles is 1. The van der Waals surface area contributed by atoms with Crippen molar-refractivity contribution in [2.75, 3.05) is 11.9 Å². The summed E-state index contributed by atoms with van der Waals surface area (Å²) in [5, 5.41) is 12.8. The highest BCUT2D eigenvalue weighted by Gasteiger charge is 2.20. The van der Waals surface area contributed by atoms with Gasteiger partial charge in [-0.2, -0.15) is 5.26 Å². The second-order valence-corrected chi connectivity index (χ2v) is 8.82. The van der Waals surface area contributed by atoms with Crippen LogP contribution in [0, 0.1) is 11.3 Å². The number of carbonyl (C=O) groups is 1. The Morgan fingerprint density at radius 1 is 0.846 bits per heavy atom. The normalized spacial score (nSPS) is 11.0. The van der Waals surface area contributed by atoms with Gasteiger partial charge in [0.25, 0.3) is 5.91 Å². The summed E-state index contributed by atoms with van der Waals surface area (Å²) in [4.78, 5) is 13.1.